The van der Waals surface area contributed by atoms with Gasteiger partial charge in [-0.25, -0.2) is 0 Å². The SMILES string of the molecule is CN=C(NCc1ccc(C(=O)N2CCCCC2)cc1)NCC1CCCN1Cc1ccccc1.I. The maximum absolute atomic E-state index is 12.7. The summed E-state index contributed by atoms with van der Waals surface area (Å²) in [6.07, 6.45) is 5.92. The maximum Gasteiger partial charge on any atom is 0.253 e. The van der Waals surface area contributed by atoms with Crippen LogP contribution in [0, 0.1) is 0 Å². The predicted octanol–water partition coefficient (Wildman–Crippen LogP) is 4.26. The second kappa shape index (κ2) is 13.7. The van der Waals surface area contributed by atoms with Crippen molar-refractivity contribution in [2.75, 3.05) is 33.2 Å². The lowest BCUT2D eigenvalue weighted by atomic mass is 10.1. The summed E-state index contributed by atoms with van der Waals surface area (Å²) in [7, 11) is 1.81. The molecular weight excluding hydrogens is 537 g/mol. The van der Waals surface area contributed by atoms with E-state index in [1.807, 2.05) is 36.2 Å². The van der Waals surface area contributed by atoms with Crippen LogP contribution in [0.15, 0.2) is 59.6 Å². The summed E-state index contributed by atoms with van der Waals surface area (Å²) >= 11 is 0. The lowest BCUT2D eigenvalue weighted by molar-refractivity contribution is 0.0724. The first kappa shape index (κ1) is 26.5. The van der Waals surface area contributed by atoms with Gasteiger partial charge in [-0.1, -0.05) is 42.5 Å². The monoisotopic (exact) mass is 575 g/mol. The number of hydrogen-bond donors (Lipinski definition) is 2. The molecule has 7 heteroatoms. The van der Waals surface area contributed by atoms with Crippen molar-refractivity contribution in [1.29, 1.82) is 0 Å². The summed E-state index contributed by atoms with van der Waals surface area (Å²) in [6.45, 7) is 5.48. The van der Waals surface area contributed by atoms with Crippen LogP contribution in [-0.4, -0.2) is 60.9 Å². The number of likely N-dealkylation sites (tertiary alicyclic amines) is 2. The number of nitrogens with zero attached hydrogens (tertiary/aromatic N) is 3. The van der Waals surface area contributed by atoms with E-state index in [2.05, 4.69) is 50.9 Å². The van der Waals surface area contributed by atoms with Crippen LogP contribution in [0.5, 0.6) is 0 Å². The average Bonchev–Trinajstić information content (AvgIpc) is 3.32. The van der Waals surface area contributed by atoms with Crippen molar-refractivity contribution in [3.8, 4) is 0 Å². The van der Waals surface area contributed by atoms with Gasteiger partial charge in [-0.05, 0) is 61.9 Å². The molecule has 2 aliphatic heterocycles. The molecule has 2 N–H and O–H groups in total. The topological polar surface area (TPSA) is 60.0 Å². The van der Waals surface area contributed by atoms with Crippen LogP contribution in [0.1, 0.15) is 53.6 Å². The Hall–Kier alpha value is -2.13. The van der Waals surface area contributed by atoms with Crippen molar-refractivity contribution < 1.29 is 4.79 Å². The average molecular weight is 576 g/mol. The molecule has 1 amide bonds. The molecule has 1 atom stereocenters. The van der Waals surface area contributed by atoms with Crippen LogP contribution >= 0.6 is 24.0 Å². The number of hydrogen-bond acceptors (Lipinski definition) is 3. The first-order valence-corrected chi connectivity index (χ1v) is 12.3. The normalized spacial score (nSPS) is 18.9. The molecular formula is C27H38IN5O. The molecule has 0 spiro atoms. The molecule has 6 nitrogen and oxygen atoms in total. The Balaban J connectivity index is 0.00000324. The van der Waals surface area contributed by atoms with Gasteiger partial charge in [-0.2, -0.15) is 0 Å². The van der Waals surface area contributed by atoms with Gasteiger partial charge in [-0.15, -0.1) is 24.0 Å². The zero-order chi connectivity index (χ0) is 22.9. The van der Waals surface area contributed by atoms with Crippen LogP contribution in [0.25, 0.3) is 0 Å². The van der Waals surface area contributed by atoms with Gasteiger partial charge in [0.25, 0.3) is 5.91 Å². The number of nitrogens with one attached hydrogen (secondary N) is 2. The summed E-state index contributed by atoms with van der Waals surface area (Å²) < 4.78 is 0. The Morgan fingerprint density at radius 1 is 0.912 bits per heavy atom. The second-order valence-electron chi connectivity index (χ2n) is 9.11. The zero-order valence-corrected chi connectivity index (χ0v) is 22.5. The highest BCUT2D eigenvalue weighted by Gasteiger charge is 2.24. The van der Waals surface area contributed by atoms with E-state index in [0.29, 0.717) is 12.6 Å². The van der Waals surface area contributed by atoms with Gasteiger partial charge < -0.3 is 15.5 Å². The van der Waals surface area contributed by atoms with E-state index in [4.69, 9.17) is 0 Å². The molecule has 184 valence electrons. The molecule has 4 rings (SSSR count). The van der Waals surface area contributed by atoms with Crippen molar-refractivity contribution in [1.82, 2.24) is 20.4 Å². The number of carbonyl (C=O) groups is 1. The van der Waals surface area contributed by atoms with Crippen molar-refractivity contribution in [2.24, 2.45) is 4.99 Å². The molecule has 2 heterocycles. The summed E-state index contributed by atoms with van der Waals surface area (Å²) in [6, 6.07) is 19.2. The first-order valence-electron chi connectivity index (χ1n) is 12.3. The molecule has 34 heavy (non-hydrogen) atoms. The number of benzene rings is 2. The minimum Gasteiger partial charge on any atom is -0.355 e. The molecule has 1 unspecified atom stereocenters. The fourth-order valence-corrected chi connectivity index (χ4v) is 4.82. The number of halogens is 1. The van der Waals surface area contributed by atoms with Gasteiger partial charge in [-0.3, -0.25) is 14.7 Å². The fourth-order valence-electron chi connectivity index (χ4n) is 4.82. The molecule has 2 aromatic rings. The lowest BCUT2D eigenvalue weighted by Crippen LogP contribution is -2.44. The molecule has 0 bridgehead atoms. The Bertz CT molecular complexity index is 912. The van der Waals surface area contributed by atoms with Gasteiger partial charge >= 0.3 is 0 Å². The van der Waals surface area contributed by atoms with Crippen molar-refractivity contribution in [3.05, 3.63) is 71.3 Å². The highest BCUT2D eigenvalue weighted by Crippen LogP contribution is 2.19. The Morgan fingerprint density at radius 2 is 1.65 bits per heavy atom. The number of carbonyl (C=O) groups excluding carboxylic acids is 1. The summed E-state index contributed by atoms with van der Waals surface area (Å²) in [5, 5.41) is 6.92. The van der Waals surface area contributed by atoms with E-state index in [1.54, 1.807) is 0 Å². The highest BCUT2D eigenvalue weighted by atomic mass is 127. The Kier molecular flexibility index (Phi) is 10.7. The fraction of sp³-hybridized carbons (Fsp3) is 0.481. The van der Waals surface area contributed by atoms with Crippen LogP contribution < -0.4 is 10.6 Å². The van der Waals surface area contributed by atoms with Crippen LogP contribution in [0.4, 0.5) is 0 Å². The van der Waals surface area contributed by atoms with Crippen LogP contribution in [0.2, 0.25) is 0 Å². The summed E-state index contributed by atoms with van der Waals surface area (Å²) in [5.74, 6) is 0.971. The van der Waals surface area contributed by atoms with Crippen LogP contribution in [-0.2, 0) is 13.1 Å². The van der Waals surface area contributed by atoms with Crippen molar-refractivity contribution in [3.63, 3.8) is 0 Å². The quantitative estimate of drug-likeness (QED) is 0.295. The van der Waals surface area contributed by atoms with E-state index in [-0.39, 0.29) is 29.9 Å². The standard InChI is InChI=1S/C27H37N5O.HI/c1-28-27(30-20-25-11-8-18-32(25)21-23-9-4-2-5-10-23)29-19-22-12-14-24(15-13-22)26(33)31-16-6-3-7-17-31;/h2,4-5,9-10,12-15,25H,3,6-8,11,16-21H2,1H3,(H2,28,29,30);1H. The number of guanidine groups is 1. The molecule has 0 radical (unpaired) electrons. The first-order chi connectivity index (χ1) is 16.2. The Labute approximate surface area is 221 Å². The highest BCUT2D eigenvalue weighted by molar-refractivity contribution is 14.0. The van der Waals surface area contributed by atoms with Crippen molar-refractivity contribution in [2.45, 2.75) is 51.2 Å². The predicted molar refractivity (Wildman–Crippen MR) is 150 cm³/mol. The summed E-state index contributed by atoms with van der Waals surface area (Å²) in [4.78, 5) is 21.6. The molecule has 2 saturated heterocycles. The lowest BCUT2D eigenvalue weighted by Gasteiger charge is -2.26. The third kappa shape index (κ3) is 7.43. The van der Waals surface area contributed by atoms with Gasteiger partial charge in [0.05, 0.1) is 0 Å². The molecule has 2 aromatic carbocycles. The van der Waals surface area contributed by atoms with E-state index in [0.717, 1.165) is 62.7 Å². The van der Waals surface area contributed by atoms with Crippen LogP contribution in [0.3, 0.4) is 0 Å². The maximum atomic E-state index is 12.7. The Morgan fingerprint density at radius 3 is 2.35 bits per heavy atom. The number of aliphatic imine (C=N–C) groups is 1. The smallest absolute Gasteiger partial charge is 0.253 e. The van der Waals surface area contributed by atoms with Gasteiger partial charge in [0.2, 0.25) is 0 Å². The molecule has 0 saturated carbocycles. The minimum absolute atomic E-state index is 0. The molecule has 2 fully saturated rings. The molecule has 2 aliphatic rings. The largest absolute Gasteiger partial charge is 0.355 e. The minimum atomic E-state index is 0. The number of piperidine rings is 1. The zero-order valence-electron chi connectivity index (χ0n) is 20.2. The molecule has 0 aliphatic carbocycles. The van der Waals surface area contributed by atoms with Gasteiger partial charge in [0.1, 0.15) is 0 Å². The van der Waals surface area contributed by atoms with Gasteiger partial charge in [0, 0.05) is 51.4 Å². The third-order valence-corrected chi connectivity index (χ3v) is 6.76. The van der Waals surface area contributed by atoms with E-state index >= 15 is 0 Å². The second-order valence-corrected chi connectivity index (χ2v) is 9.11. The summed E-state index contributed by atoms with van der Waals surface area (Å²) in [5.41, 5.74) is 3.29. The third-order valence-electron chi connectivity index (χ3n) is 6.76. The van der Waals surface area contributed by atoms with E-state index in [1.165, 1.54) is 24.8 Å². The van der Waals surface area contributed by atoms with E-state index < -0.39 is 0 Å². The molecule has 0 aromatic heterocycles. The number of amides is 1. The van der Waals surface area contributed by atoms with Crippen molar-refractivity contribution >= 4 is 35.8 Å². The van der Waals surface area contributed by atoms with Gasteiger partial charge in [0.15, 0.2) is 5.96 Å². The number of rotatable bonds is 7. The van der Waals surface area contributed by atoms with E-state index in [9.17, 15) is 4.79 Å².